The zero-order chi connectivity index (χ0) is 10.6. The number of nitrogens with one attached hydrogen (secondary N) is 1. The normalized spacial score (nSPS) is 17.9. The standard InChI is InChI=1S/C8H14N2O4/c11-5-7(12)10-3-1-6(2-4-10)9-8(13)14/h6,9,11H,1-5H2,(H,13,14). The second-order valence-electron chi connectivity index (χ2n) is 3.26. The number of likely N-dealkylation sites (tertiary alicyclic amines) is 1. The highest BCUT2D eigenvalue weighted by atomic mass is 16.4. The third kappa shape index (κ3) is 2.88. The van der Waals surface area contributed by atoms with Gasteiger partial charge in [0.2, 0.25) is 5.91 Å². The van der Waals surface area contributed by atoms with Gasteiger partial charge in [-0.05, 0) is 12.8 Å². The van der Waals surface area contributed by atoms with Gasteiger partial charge in [-0.15, -0.1) is 0 Å². The van der Waals surface area contributed by atoms with Crippen molar-refractivity contribution < 1.29 is 19.8 Å². The number of carbonyl (C=O) groups excluding carboxylic acids is 1. The first-order valence-corrected chi connectivity index (χ1v) is 4.51. The molecular weight excluding hydrogens is 188 g/mol. The van der Waals surface area contributed by atoms with Gasteiger partial charge in [-0.2, -0.15) is 0 Å². The Balaban J connectivity index is 2.31. The van der Waals surface area contributed by atoms with Gasteiger partial charge in [-0.25, -0.2) is 4.79 Å². The molecule has 1 aliphatic rings. The quantitative estimate of drug-likeness (QED) is 0.549. The zero-order valence-corrected chi connectivity index (χ0v) is 7.77. The van der Waals surface area contributed by atoms with Gasteiger partial charge in [0.05, 0.1) is 0 Å². The molecule has 2 amide bonds. The summed E-state index contributed by atoms with van der Waals surface area (Å²) in [7, 11) is 0. The highest BCUT2D eigenvalue weighted by Gasteiger charge is 2.22. The van der Waals surface area contributed by atoms with E-state index in [-0.39, 0.29) is 11.9 Å². The molecule has 1 rings (SSSR count). The number of hydrogen-bond acceptors (Lipinski definition) is 3. The minimum absolute atomic E-state index is 0.0738. The summed E-state index contributed by atoms with van der Waals surface area (Å²) in [6.07, 6.45) is 0.188. The summed E-state index contributed by atoms with van der Waals surface area (Å²) in [5.41, 5.74) is 0. The molecule has 0 aliphatic carbocycles. The number of amides is 2. The molecule has 0 spiro atoms. The summed E-state index contributed by atoms with van der Waals surface area (Å²) < 4.78 is 0. The van der Waals surface area contributed by atoms with Gasteiger partial charge in [0.15, 0.2) is 0 Å². The molecule has 6 heteroatoms. The predicted octanol–water partition coefficient (Wildman–Crippen LogP) is -0.763. The van der Waals surface area contributed by atoms with Crippen LogP contribution in [0.4, 0.5) is 4.79 Å². The molecule has 0 aromatic rings. The molecule has 1 fully saturated rings. The van der Waals surface area contributed by atoms with Crippen molar-refractivity contribution in [1.29, 1.82) is 0 Å². The fourth-order valence-corrected chi connectivity index (χ4v) is 1.55. The lowest BCUT2D eigenvalue weighted by Gasteiger charge is -2.31. The van der Waals surface area contributed by atoms with E-state index in [4.69, 9.17) is 10.2 Å². The fourth-order valence-electron chi connectivity index (χ4n) is 1.55. The van der Waals surface area contributed by atoms with Crippen molar-refractivity contribution in [2.45, 2.75) is 18.9 Å². The maximum absolute atomic E-state index is 11.0. The van der Waals surface area contributed by atoms with Crippen molar-refractivity contribution in [2.24, 2.45) is 0 Å². The number of piperidine rings is 1. The smallest absolute Gasteiger partial charge is 0.404 e. The van der Waals surface area contributed by atoms with Crippen LogP contribution in [0.5, 0.6) is 0 Å². The molecule has 3 N–H and O–H groups in total. The van der Waals surface area contributed by atoms with Crippen LogP contribution in [0.15, 0.2) is 0 Å². The van der Waals surface area contributed by atoms with E-state index >= 15 is 0 Å². The topological polar surface area (TPSA) is 89.9 Å². The highest BCUT2D eigenvalue weighted by molar-refractivity contribution is 5.77. The predicted molar refractivity (Wildman–Crippen MR) is 47.8 cm³/mol. The molecule has 1 saturated heterocycles. The van der Waals surface area contributed by atoms with Crippen LogP contribution in [-0.2, 0) is 4.79 Å². The molecule has 1 aliphatic heterocycles. The third-order valence-electron chi connectivity index (χ3n) is 2.31. The zero-order valence-electron chi connectivity index (χ0n) is 7.77. The van der Waals surface area contributed by atoms with Crippen LogP contribution >= 0.6 is 0 Å². The van der Waals surface area contributed by atoms with E-state index in [1.165, 1.54) is 0 Å². The minimum atomic E-state index is -1.03. The summed E-state index contributed by atoms with van der Waals surface area (Å²) in [5.74, 6) is -0.293. The lowest BCUT2D eigenvalue weighted by atomic mass is 10.1. The maximum Gasteiger partial charge on any atom is 0.404 e. The number of nitrogens with zero attached hydrogens (tertiary/aromatic N) is 1. The van der Waals surface area contributed by atoms with E-state index in [1.807, 2.05) is 0 Å². The van der Waals surface area contributed by atoms with Crippen molar-refractivity contribution in [3.63, 3.8) is 0 Å². The number of aliphatic hydroxyl groups excluding tert-OH is 1. The first kappa shape index (κ1) is 10.8. The Morgan fingerprint density at radius 2 is 1.93 bits per heavy atom. The summed E-state index contributed by atoms with van der Waals surface area (Å²) in [6, 6.07) is -0.0738. The Kier molecular flexibility index (Phi) is 3.70. The molecule has 80 valence electrons. The van der Waals surface area contributed by atoms with Crippen LogP contribution in [0.1, 0.15) is 12.8 Å². The van der Waals surface area contributed by atoms with Gasteiger partial charge >= 0.3 is 6.09 Å². The first-order valence-electron chi connectivity index (χ1n) is 4.51. The van der Waals surface area contributed by atoms with Crippen molar-refractivity contribution >= 4 is 12.0 Å². The molecule has 0 aromatic carbocycles. The number of aliphatic hydroxyl groups is 1. The first-order chi connectivity index (χ1) is 6.63. The molecule has 6 nitrogen and oxygen atoms in total. The summed E-state index contributed by atoms with van der Waals surface area (Å²) >= 11 is 0. The molecule has 0 atom stereocenters. The lowest BCUT2D eigenvalue weighted by molar-refractivity contribution is -0.135. The number of rotatable bonds is 2. The Bertz CT molecular complexity index is 223. The fraction of sp³-hybridized carbons (Fsp3) is 0.750. The Labute approximate surface area is 81.5 Å². The monoisotopic (exact) mass is 202 g/mol. The number of hydrogen-bond donors (Lipinski definition) is 3. The summed E-state index contributed by atoms with van der Waals surface area (Å²) in [6.45, 7) is 0.533. The van der Waals surface area contributed by atoms with Crippen molar-refractivity contribution in [3.05, 3.63) is 0 Å². The summed E-state index contributed by atoms with van der Waals surface area (Å²) in [4.78, 5) is 22.9. The van der Waals surface area contributed by atoms with Gasteiger partial charge in [0, 0.05) is 19.1 Å². The SMILES string of the molecule is O=C(O)NC1CCN(C(=O)CO)CC1. The van der Waals surface area contributed by atoms with Crippen LogP contribution < -0.4 is 5.32 Å². The molecule has 0 bridgehead atoms. The second-order valence-corrected chi connectivity index (χ2v) is 3.26. The van der Waals surface area contributed by atoms with Crippen LogP contribution in [0.25, 0.3) is 0 Å². The van der Waals surface area contributed by atoms with Crippen molar-refractivity contribution in [1.82, 2.24) is 10.2 Å². The van der Waals surface area contributed by atoms with E-state index in [0.29, 0.717) is 25.9 Å². The molecule has 0 unspecified atom stereocenters. The van der Waals surface area contributed by atoms with Gasteiger partial charge in [-0.1, -0.05) is 0 Å². The number of carboxylic acid groups (broad SMARTS) is 1. The van der Waals surface area contributed by atoms with Gasteiger partial charge < -0.3 is 20.4 Å². The Hall–Kier alpha value is -1.30. The van der Waals surface area contributed by atoms with Crippen molar-refractivity contribution in [3.8, 4) is 0 Å². The molecule has 1 heterocycles. The summed E-state index contributed by atoms with van der Waals surface area (Å²) in [5, 5.41) is 19.4. The van der Waals surface area contributed by atoms with Crippen LogP contribution in [-0.4, -0.2) is 52.9 Å². The molecule has 0 saturated carbocycles. The molecule has 0 radical (unpaired) electrons. The average Bonchev–Trinajstić information content (AvgIpc) is 2.17. The third-order valence-corrected chi connectivity index (χ3v) is 2.31. The van der Waals surface area contributed by atoms with Crippen LogP contribution in [0.3, 0.4) is 0 Å². The van der Waals surface area contributed by atoms with Crippen LogP contribution in [0.2, 0.25) is 0 Å². The number of carbonyl (C=O) groups is 2. The van der Waals surface area contributed by atoms with Gasteiger partial charge in [0.1, 0.15) is 6.61 Å². The Morgan fingerprint density at radius 3 is 2.36 bits per heavy atom. The molecule has 0 aromatic heterocycles. The van der Waals surface area contributed by atoms with Gasteiger partial charge in [0.25, 0.3) is 0 Å². The lowest BCUT2D eigenvalue weighted by Crippen LogP contribution is -2.46. The largest absolute Gasteiger partial charge is 0.465 e. The van der Waals surface area contributed by atoms with Crippen LogP contribution in [0, 0.1) is 0 Å². The molecular formula is C8H14N2O4. The van der Waals surface area contributed by atoms with E-state index in [1.54, 1.807) is 4.90 Å². The van der Waals surface area contributed by atoms with Gasteiger partial charge in [-0.3, -0.25) is 4.79 Å². The van der Waals surface area contributed by atoms with E-state index in [2.05, 4.69) is 5.32 Å². The second kappa shape index (κ2) is 4.80. The minimum Gasteiger partial charge on any atom is -0.465 e. The van der Waals surface area contributed by atoms with Crippen molar-refractivity contribution in [2.75, 3.05) is 19.7 Å². The molecule has 14 heavy (non-hydrogen) atoms. The maximum atomic E-state index is 11.0. The van der Waals surface area contributed by atoms with E-state index in [0.717, 1.165) is 0 Å². The van der Waals surface area contributed by atoms with E-state index < -0.39 is 12.7 Å². The highest BCUT2D eigenvalue weighted by Crippen LogP contribution is 2.09. The van der Waals surface area contributed by atoms with E-state index in [9.17, 15) is 9.59 Å². The Morgan fingerprint density at radius 1 is 1.36 bits per heavy atom. The average molecular weight is 202 g/mol.